The molecule has 0 aromatic heterocycles. The number of halogens is 1. The Labute approximate surface area is 105 Å². The van der Waals surface area contributed by atoms with Gasteiger partial charge in [0.15, 0.2) is 0 Å². The van der Waals surface area contributed by atoms with Crippen molar-refractivity contribution in [3.05, 3.63) is 28.6 Å². The third kappa shape index (κ3) is 2.33. The van der Waals surface area contributed by atoms with E-state index in [9.17, 15) is 8.42 Å². The monoisotopic (exact) mass is 271 g/mol. The van der Waals surface area contributed by atoms with Crippen LogP contribution < -0.4 is 10.4 Å². The highest BCUT2D eigenvalue weighted by atomic mass is 35.7. The number of rotatable bonds is 2. The quantitative estimate of drug-likeness (QED) is 0.749. The second-order valence-corrected chi connectivity index (χ2v) is 6.77. The van der Waals surface area contributed by atoms with Crippen molar-refractivity contribution in [3.8, 4) is 0 Å². The fourth-order valence-electron chi connectivity index (χ4n) is 2.17. The van der Waals surface area contributed by atoms with Crippen LogP contribution in [0.25, 0.3) is 11.8 Å². The third-order valence-electron chi connectivity index (χ3n) is 2.91. The van der Waals surface area contributed by atoms with Crippen molar-refractivity contribution >= 4 is 31.5 Å². The summed E-state index contributed by atoms with van der Waals surface area (Å²) in [5.41, 5.74) is 1.14. The smallest absolute Gasteiger partial charge is 0.261 e. The van der Waals surface area contributed by atoms with E-state index < -0.39 is 9.05 Å². The highest BCUT2D eigenvalue weighted by Crippen LogP contribution is 2.14. The summed E-state index contributed by atoms with van der Waals surface area (Å²) < 4.78 is 23.0. The van der Waals surface area contributed by atoms with Gasteiger partial charge in [0.1, 0.15) is 0 Å². The van der Waals surface area contributed by atoms with Gasteiger partial charge < -0.3 is 4.90 Å². The number of fused-ring (bicyclic) bond motifs is 1. The van der Waals surface area contributed by atoms with E-state index in [0.717, 1.165) is 29.0 Å². The molecule has 1 aliphatic rings. The largest absolute Gasteiger partial charge is 0.380 e. The van der Waals surface area contributed by atoms with Crippen LogP contribution in [0, 0.1) is 0 Å². The molecular weight excluding hydrogens is 258 g/mol. The molecule has 0 aliphatic heterocycles. The summed E-state index contributed by atoms with van der Waals surface area (Å²) >= 11 is 0. The molecule has 0 spiro atoms. The summed E-state index contributed by atoms with van der Waals surface area (Å²) in [4.78, 5) is 2.23. The molecule has 3 nitrogen and oxygen atoms in total. The number of benzene rings is 1. The predicted molar refractivity (Wildman–Crippen MR) is 69.5 cm³/mol. The molecule has 1 aliphatic carbocycles. The van der Waals surface area contributed by atoms with Crippen molar-refractivity contribution in [2.45, 2.75) is 17.7 Å². The fourth-order valence-corrected chi connectivity index (χ4v) is 3.27. The Kier molecular flexibility index (Phi) is 3.19. The molecule has 92 valence electrons. The average molecular weight is 272 g/mol. The zero-order chi connectivity index (χ0) is 12.6. The minimum atomic E-state index is -3.68. The minimum Gasteiger partial charge on any atom is -0.380 e. The topological polar surface area (TPSA) is 37.4 Å². The molecule has 0 radical (unpaired) electrons. The van der Waals surface area contributed by atoms with E-state index in [2.05, 4.69) is 0 Å². The summed E-state index contributed by atoms with van der Waals surface area (Å²) in [6.45, 7) is 0. The van der Waals surface area contributed by atoms with Gasteiger partial charge in [-0.1, -0.05) is 18.2 Å². The predicted octanol–water partition coefficient (Wildman–Crippen LogP) is 0.858. The van der Waals surface area contributed by atoms with Gasteiger partial charge in [-0.05, 0) is 24.1 Å². The Bertz CT molecular complexity index is 662. The lowest BCUT2D eigenvalue weighted by molar-refractivity contribution is 0.560. The lowest BCUT2D eigenvalue weighted by Crippen LogP contribution is -2.36. The molecule has 5 heteroatoms. The van der Waals surface area contributed by atoms with Crippen LogP contribution in [0.5, 0.6) is 0 Å². The average Bonchev–Trinajstić information content (AvgIpc) is 2.26. The summed E-state index contributed by atoms with van der Waals surface area (Å²) in [5.74, 6) is 0. The van der Waals surface area contributed by atoms with Gasteiger partial charge in [0, 0.05) is 35.7 Å². The standard InChI is InChI=1S/C12H14ClNO2S/c1-14(2)11-7-3-6-10-9(11)5-4-8-12(10)17(13,15)16/h4-6,8H,3,7H2,1-2H3. The maximum atomic E-state index is 11.5. The van der Waals surface area contributed by atoms with E-state index in [1.807, 2.05) is 31.1 Å². The van der Waals surface area contributed by atoms with E-state index in [1.165, 1.54) is 0 Å². The van der Waals surface area contributed by atoms with Crippen molar-refractivity contribution in [2.24, 2.45) is 0 Å². The third-order valence-corrected chi connectivity index (χ3v) is 4.29. The van der Waals surface area contributed by atoms with Crippen molar-refractivity contribution in [1.82, 2.24) is 4.90 Å². The Morgan fingerprint density at radius 3 is 2.59 bits per heavy atom. The maximum absolute atomic E-state index is 11.5. The van der Waals surface area contributed by atoms with E-state index in [1.54, 1.807) is 12.1 Å². The van der Waals surface area contributed by atoms with Crippen LogP contribution in [-0.4, -0.2) is 27.4 Å². The lowest BCUT2D eigenvalue weighted by Gasteiger charge is -2.20. The Morgan fingerprint density at radius 1 is 1.29 bits per heavy atom. The molecule has 17 heavy (non-hydrogen) atoms. The Morgan fingerprint density at radius 2 is 2.00 bits per heavy atom. The van der Waals surface area contributed by atoms with Crippen molar-refractivity contribution < 1.29 is 8.42 Å². The van der Waals surface area contributed by atoms with Crippen molar-refractivity contribution in [1.29, 1.82) is 0 Å². The first-order valence-corrected chi connectivity index (χ1v) is 7.66. The van der Waals surface area contributed by atoms with E-state index in [0.29, 0.717) is 0 Å². The minimum absolute atomic E-state index is 0.204. The second-order valence-electron chi connectivity index (χ2n) is 4.24. The SMILES string of the molecule is CN(C)C1=c2cccc(S(=O)(=O)Cl)c2=CCC1. The van der Waals surface area contributed by atoms with E-state index in [4.69, 9.17) is 10.7 Å². The van der Waals surface area contributed by atoms with Crippen molar-refractivity contribution in [3.63, 3.8) is 0 Å². The van der Waals surface area contributed by atoms with Gasteiger partial charge in [0.05, 0.1) is 4.90 Å². The zero-order valence-electron chi connectivity index (χ0n) is 9.77. The molecule has 2 rings (SSSR count). The maximum Gasteiger partial charge on any atom is 0.261 e. The van der Waals surface area contributed by atoms with Crippen molar-refractivity contribution in [2.75, 3.05) is 14.1 Å². The Balaban J connectivity index is 2.91. The van der Waals surface area contributed by atoms with Crippen LogP contribution >= 0.6 is 10.7 Å². The van der Waals surface area contributed by atoms with Crippen LogP contribution in [-0.2, 0) is 9.05 Å². The molecule has 1 aromatic carbocycles. The first kappa shape index (κ1) is 12.5. The fraction of sp³-hybridized carbons (Fsp3) is 0.333. The first-order valence-electron chi connectivity index (χ1n) is 5.35. The summed E-state index contributed by atoms with van der Waals surface area (Å²) in [6.07, 6.45) is 3.70. The number of nitrogens with zero attached hydrogens (tertiary/aromatic N) is 1. The molecular formula is C12H14ClNO2S. The highest BCUT2D eigenvalue weighted by Gasteiger charge is 2.15. The molecule has 0 fully saturated rings. The lowest BCUT2D eigenvalue weighted by atomic mass is 10.0. The molecule has 0 heterocycles. The molecule has 0 unspecified atom stereocenters. The van der Waals surface area contributed by atoms with Crippen LogP contribution in [0.15, 0.2) is 23.1 Å². The van der Waals surface area contributed by atoms with Gasteiger partial charge in [0.25, 0.3) is 9.05 Å². The second kappa shape index (κ2) is 4.35. The number of hydrogen-bond donors (Lipinski definition) is 0. The summed E-state index contributed by atoms with van der Waals surface area (Å²) in [5, 5.41) is 1.69. The summed E-state index contributed by atoms with van der Waals surface area (Å²) in [7, 11) is 5.70. The van der Waals surface area contributed by atoms with E-state index in [-0.39, 0.29) is 4.90 Å². The van der Waals surface area contributed by atoms with Gasteiger partial charge in [-0.15, -0.1) is 0 Å². The van der Waals surface area contributed by atoms with Crippen LogP contribution in [0.4, 0.5) is 0 Å². The molecule has 0 saturated heterocycles. The van der Waals surface area contributed by atoms with Crippen LogP contribution in [0.1, 0.15) is 12.8 Å². The van der Waals surface area contributed by atoms with Gasteiger partial charge in [0.2, 0.25) is 0 Å². The number of hydrogen-bond acceptors (Lipinski definition) is 3. The van der Waals surface area contributed by atoms with Gasteiger partial charge >= 0.3 is 0 Å². The molecule has 0 atom stereocenters. The highest BCUT2D eigenvalue weighted by molar-refractivity contribution is 8.13. The first-order chi connectivity index (χ1) is 7.91. The van der Waals surface area contributed by atoms with E-state index >= 15 is 0 Å². The normalized spacial score (nSPS) is 15.1. The zero-order valence-corrected chi connectivity index (χ0v) is 11.3. The molecule has 0 amide bonds. The molecule has 0 saturated carbocycles. The van der Waals surface area contributed by atoms with Crippen LogP contribution in [0.2, 0.25) is 0 Å². The van der Waals surface area contributed by atoms with Gasteiger partial charge in [-0.25, -0.2) is 8.42 Å². The van der Waals surface area contributed by atoms with Gasteiger partial charge in [-0.3, -0.25) is 0 Å². The molecule has 1 aromatic rings. The molecule has 0 N–H and O–H groups in total. The van der Waals surface area contributed by atoms with Crippen LogP contribution in [0.3, 0.4) is 0 Å². The van der Waals surface area contributed by atoms with Gasteiger partial charge in [-0.2, -0.15) is 0 Å². The summed E-state index contributed by atoms with van der Waals surface area (Å²) in [6, 6.07) is 5.22. The Hall–Kier alpha value is -1.00. The molecule has 0 bridgehead atoms.